The zero-order valence-corrected chi connectivity index (χ0v) is 13.7. The molecule has 2 fully saturated rings. The number of nitrogens with zero attached hydrogens (tertiary/aromatic N) is 1. The predicted octanol–water partition coefficient (Wildman–Crippen LogP) is 2.70. The molecule has 4 amide bonds. The van der Waals surface area contributed by atoms with Crippen molar-refractivity contribution in [2.24, 2.45) is 16.7 Å². The van der Waals surface area contributed by atoms with Gasteiger partial charge in [-0.25, -0.2) is 4.79 Å². The van der Waals surface area contributed by atoms with E-state index in [1.54, 1.807) is 6.92 Å². The molecule has 1 heterocycles. The molecule has 0 aromatic rings. The minimum Gasteiger partial charge on any atom is -0.277 e. The van der Waals surface area contributed by atoms with Crippen molar-refractivity contribution in [3.63, 3.8) is 0 Å². The molecule has 1 saturated carbocycles. The van der Waals surface area contributed by atoms with Gasteiger partial charge in [-0.05, 0) is 36.5 Å². The van der Waals surface area contributed by atoms with Gasteiger partial charge >= 0.3 is 6.03 Å². The normalized spacial score (nSPS) is 29.5. The Hall–Kier alpha value is -1.39. The number of barbiturate groups is 1. The predicted molar refractivity (Wildman–Crippen MR) is 79.4 cm³/mol. The molecular formula is C16H26N2O3. The lowest BCUT2D eigenvalue weighted by Crippen LogP contribution is -2.62. The topological polar surface area (TPSA) is 66.5 Å². The summed E-state index contributed by atoms with van der Waals surface area (Å²) in [5.41, 5.74) is 0.159. The van der Waals surface area contributed by atoms with E-state index in [1.165, 1.54) is 4.90 Å². The minimum atomic E-state index is -0.726. The molecule has 0 aromatic heterocycles. The first-order valence-electron chi connectivity index (χ1n) is 7.74. The van der Waals surface area contributed by atoms with Gasteiger partial charge in [-0.3, -0.25) is 19.8 Å². The summed E-state index contributed by atoms with van der Waals surface area (Å²) in [6, 6.07) is -0.674. The lowest BCUT2D eigenvalue weighted by molar-refractivity contribution is -0.145. The standard InChI is InChI=1S/C16H26N2O3/c1-6-11-12(19)17-14(21)18(13(11)20)10-7-15(2,3)9-16(4,5)8-10/h10-11H,6-9H2,1-5H3,(H,17,19,21). The molecule has 1 unspecified atom stereocenters. The third kappa shape index (κ3) is 3.11. The maximum absolute atomic E-state index is 12.5. The summed E-state index contributed by atoms with van der Waals surface area (Å²) < 4.78 is 0. The summed E-state index contributed by atoms with van der Waals surface area (Å²) in [5.74, 6) is -1.52. The van der Waals surface area contributed by atoms with Crippen LogP contribution in [0.1, 0.15) is 60.3 Å². The molecule has 1 N–H and O–H groups in total. The first-order valence-corrected chi connectivity index (χ1v) is 7.74. The average Bonchev–Trinajstić information content (AvgIpc) is 2.23. The zero-order valence-electron chi connectivity index (χ0n) is 13.7. The average molecular weight is 294 g/mol. The van der Waals surface area contributed by atoms with Crippen molar-refractivity contribution in [1.82, 2.24) is 10.2 Å². The number of rotatable bonds is 2. The molecule has 21 heavy (non-hydrogen) atoms. The van der Waals surface area contributed by atoms with Crippen LogP contribution < -0.4 is 5.32 Å². The maximum Gasteiger partial charge on any atom is 0.331 e. The van der Waals surface area contributed by atoms with Crippen LogP contribution in [0.4, 0.5) is 4.79 Å². The summed E-state index contributed by atoms with van der Waals surface area (Å²) in [6.07, 6.45) is 3.07. The molecular weight excluding hydrogens is 268 g/mol. The smallest absolute Gasteiger partial charge is 0.277 e. The summed E-state index contributed by atoms with van der Waals surface area (Å²) in [5, 5.41) is 2.34. The van der Waals surface area contributed by atoms with Crippen LogP contribution in [0.5, 0.6) is 0 Å². The maximum atomic E-state index is 12.5. The molecule has 118 valence electrons. The van der Waals surface area contributed by atoms with E-state index in [9.17, 15) is 14.4 Å². The van der Waals surface area contributed by atoms with Gasteiger partial charge in [-0.15, -0.1) is 0 Å². The Kier molecular flexibility index (Phi) is 3.89. The second-order valence-electron chi connectivity index (χ2n) is 8.03. The Morgan fingerprint density at radius 1 is 1.10 bits per heavy atom. The van der Waals surface area contributed by atoms with Gasteiger partial charge in [0.25, 0.3) is 0 Å². The minimum absolute atomic E-state index is 0.0795. The Morgan fingerprint density at radius 3 is 2.10 bits per heavy atom. The monoisotopic (exact) mass is 294 g/mol. The molecule has 2 rings (SSSR count). The van der Waals surface area contributed by atoms with Crippen molar-refractivity contribution in [3.05, 3.63) is 0 Å². The van der Waals surface area contributed by atoms with Crippen molar-refractivity contribution >= 4 is 17.8 Å². The number of imide groups is 2. The van der Waals surface area contributed by atoms with Gasteiger partial charge in [-0.1, -0.05) is 34.6 Å². The first kappa shape index (κ1) is 16.0. The van der Waals surface area contributed by atoms with E-state index in [2.05, 4.69) is 33.0 Å². The van der Waals surface area contributed by atoms with E-state index in [0.717, 1.165) is 19.3 Å². The fraction of sp³-hybridized carbons (Fsp3) is 0.812. The number of hydrogen-bond acceptors (Lipinski definition) is 3. The van der Waals surface area contributed by atoms with Crippen molar-refractivity contribution in [1.29, 1.82) is 0 Å². The Balaban J connectivity index is 2.29. The fourth-order valence-corrected chi connectivity index (χ4v) is 4.31. The van der Waals surface area contributed by atoms with Crippen molar-refractivity contribution in [2.45, 2.75) is 66.3 Å². The highest BCUT2D eigenvalue weighted by molar-refractivity contribution is 6.16. The third-order valence-corrected chi connectivity index (χ3v) is 4.61. The van der Waals surface area contributed by atoms with E-state index in [4.69, 9.17) is 0 Å². The summed E-state index contributed by atoms with van der Waals surface area (Å²) in [7, 11) is 0. The molecule has 5 nitrogen and oxygen atoms in total. The third-order valence-electron chi connectivity index (χ3n) is 4.61. The Labute approximate surface area is 126 Å². The fourth-order valence-electron chi connectivity index (χ4n) is 4.31. The van der Waals surface area contributed by atoms with Crippen LogP contribution in [0.15, 0.2) is 0 Å². The highest BCUT2D eigenvalue weighted by Crippen LogP contribution is 2.47. The van der Waals surface area contributed by atoms with Crippen molar-refractivity contribution < 1.29 is 14.4 Å². The number of nitrogens with one attached hydrogen (secondary N) is 1. The lowest BCUT2D eigenvalue weighted by atomic mass is 9.63. The number of urea groups is 1. The SMILES string of the molecule is CCC1C(=O)NC(=O)N(C2CC(C)(C)CC(C)(C)C2)C1=O. The molecule has 1 aliphatic carbocycles. The highest BCUT2D eigenvalue weighted by Gasteiger charge is 2.48. The molecule has 0 radical (unpaired) electrons. The van der Waals surface area contributed by atoms with E-state index < -0.39 is 17.9 Å². The van der Waals surface area contributed by atoms with Gasteiger partial charge in [0.15, 0.2) is 0 Å². The Bertz CT molecular complexity index is 466. The van der Waals surface area contributed by atoms with Crippen LogP contribution in [-0.4, -0.2) is 28.8 Å². The quantitative estimate of drug-likeness (QED) is 0.796. The van der Waals surface area contributed by atoms with Crippen LogP contribution >= 0.6 is 0 Å². The van der Waals surface area contributed by atoms with Crippen LogP contribution in [-0.2, 0) is 9.59 Å². The van der Waals surface area contributed by atoms with Crippen molar-refractivity contribution in [2.75, 3.05) is 0 Å². The van der Waals surface area contributed by atoms with Gasteiger partial charge in [0, 0.05) is 6.04 Å². The second-order valence-corrected chi connectivity index (χ2v) is 8.03. The lowest BCUT2D eigenvalue weighted by Gasteiger charge is -2.48. The van der Waals surface area contributed by atoms with Gasteiger partial charge in [0.1, 0.15) is 5.92 Å². The van der Waals surface area contributed by atoms with Crippen LogP contribution in [0.3, 0.4) is 0 Å². The van der Waals surface area contributed by atoms with E-state index in [-0.39, 0.29) is 22.8 Å². The summed E-state index contributed by atoms with van der Waals surface area (Å²) in [4.78, 5) is 37.8. The molecule has 0 bridgehead atoms. The number of carbonyl (C=O) groups excluding carboxylic acids is 3. The van der Waals surface area contributed by atoms with Gasteiger partial charge in [0.2, 0.25) is 11.8 Å². The largest absolute Gasteiger partial charge is 0.331 e. The van der Waals surface area contributed by atoms with Gasteiger partial charge in [0.05, 0.1) is 0 Å². The molecule has 1 aliphatic heterocycles. The summed E-state index contributed by atoms with van der Waals surface area (Å²) >= 11 is 0. The molecule has 0 spiro atoms. The molecule has 0 aromatic carbocycles. The van der Waals surface area contributed by atoms with Gasteiger partial charge in [-0.2, -0.15) is 0 Å². The van der Waals surface area contributed by atoms with Crippen LogP contribution in [0.2, 0.25) is 0 Å². The van der Waals surface area contributed by atoms with E-state index in [0.29, 0.717) is 6.42 Å². The zero-order chi connectivity index (χ0) is 16.0. The van der Waals surface area contributed by atoms with Gasteiger partial charge < -0.3 is 0 Å². The number of amides is 4. The summed E-state index contributed by atoms with van der Waals surface area (Å²) in [6.45, 7) is 10.5. The molecule has 1 atom stereocenters. The molecule has 5 heteroatoms. The highest BCUT2D eigenvalue weighted by atomic mass is 16.2. The van der Waals surface area contributed by atoms with E-state index in [1.807, 2.05) is 0 Å². The first-order chi connectivity index (χ1) is 9.56. The van der Waals surface area contributed by atoms with Crippen LogP contribution in [0, 0.1) is 16.7 Å². The second kappa shape index (κ2) is 5.11. The molecule has 2 aliphatic rings. The number of carbonyl (C=O) groups is 3. The van der Waals surface area contributed by atoms with E-state index >= 15 is 0 Å². The Morgan fingerprint density at radius 2 is 1.62 bits per heavy atom. The van der Waals surface area contributed by atoms with Crippen molar-refractivity contribution in [3.8, 4) is 0 Å². The number of hydrogen-bond donors (Lipinski definition) is 1. The molecule has 1 saturated heterocycles. The van der Waals surface area contributed by atoms with Crippen LogP contribution in [0.25, 0.3) is 0 Å².